The highest BCUT2D eigenvalue weighted by Gasteiger charge is 2.60. The van der Waals surface area contributed by atoms with Crippen LogP contribution < -0.4 is 0 Å². The highest BCUT2D eigenvalue weighted by atomic mass is 16.7. The van der Waals surface area contributed by atoms with Gasteiger partial charge in [0.2, 0.25) is 0 Å². The highest BCUT2D eigenvalue weighted by molar-refractivity contribution is 5.03. The second-order valence-electron chi connectivity index (χ2n) is 4.40. The zero-order valence-corrected chi connectivity index (χ0v) is 8.53. The largest absolute Gasteiger partial charge is 0.396 e. The van der Waals surface area contributed by atoms with Gasteiger partial charge >= 0.3 is 0 Å². The number of hydrogen-bond acceptors (Lipinski definition) is 4. The van der Waals surface area contributed by atoms with Crippen LogP contribution in [-0.4, -0.2) is 41.9 Å². The maximum absolute atomic E-state index is 9.93. The Morgan fingerprint density at radius 1 is 1.36 bits per heavy atom. The lowest BCUT2D eigenvalue weighted by Crippen LogP contribution is -2.48. The number of aliphatic hydroxyl groups excluding tert-OH is 2. The van der Waals surface area contributed by atoms with Crippen LogP contribution in [0.2, 0.25) is 0 Å². The van der Waals surface area contributed by atoms with Crippen molar-refractivity contribution in [2.45, 2.75) is 38.1 Å². The van der Waals surface area contributed by atoms with E-state index in [0.29, 0.717) is 26.1 Å². The summed E-state index contributed by atoms with van der Waals surface area (Å²) in [6.45, 7) is 3.18. The van der Waals surface area contributed by atoms with E-state index in [1.54, 1.807) is 0 Å². The van der Waals surface area contributed by atoms with Crippen molar-refractivity contribution in [2.24, 2.45) is 5.41 Å². The fourth-order valence-corrected chi connectivity index (χ4v) is 2.70. The van der Waals surface area contributed by atoms with E-state index in [1.807, 2.05) is 6.92 Å². The van der Waals surface area contributed by atoms with Crippen molar-refractivity contribution in [3.63, 3.8) is 0 Å². The molecule has 2 fully saturated rings. The monoisotopic (exact) mass is 202 g/mol. The summed E-state index contributed by atoms with van der Waals surface area (Å²) in [5.41, 5.74) is -0.460. The lowest BCUT2D eigenvalue weighted by molar-refractivity contribution is -0.234. The first kappa shape index (κ1) is 10.4. The molecule has 2 aliphatic rings. The van der Waals surface area contributed by atoms with Crippen LogP contribution in [0, 0.1) is 5.41 Å². The van der Waals surface area contributed by atoms with E-state index in [-0.39, 0.29) is 6.61 Å². The minimum Gasteiger partial charge on any atom is -0.396 e. The summed E-state index contributed by atoms with van der Waals surface area (Å²) in [4.78, 5) is 0. The molecule has 82 valence electrons. The molecule has 1 heterocycles. The summed E-state index contributed by atoms with van der Waals surface area (Å²) in [6.07, 6.45) is 1.50. The predicted molar refractivity (Wildman–Crippen MR) is 49.7 cm³/mol. The summed E-state index contributed by atoms with van der Waals surface area (Å²) in [6, 6.07) is 0. The molecular formula is C10H18O4. The SMILES string of the molecule is C[C@]1(CCO)[C@@H](O)CCC12OCCO2. The van der Waals surface area contributed by atoms with E-state index in [1.165, 1.54) is 0 Å². The maximum Gasteiger partial charge on any atom is 0.176 e. The van der Waals surface area contributed by atoms with E-state index >= 15 is 0 Å². The first-order valence-corrected chi connectivity index (χ1v) is 5.21. The second kappa shape index (κ2) is 3.45. The van der Waals surface area contributed by atoms with Gasteiger partial charge in [0.25, 0.3) is 0 Å². The highest BCUT2D eigenvalue weighted by Crippen LogP contribution is 2.53. The molecule has 0 radical (unpaired) electrons. The van der Waals surface area contributed by atoms with Gasteiger partial charge < -0.3 is 19.7 Å². The first-order valence-electron chi connectivity index (χ1n) is 5.21. The fraction of sp³-hybridized carbons (Fsp3) is 1.00. The molecule has 1 aliphatic heterocycles. The molecule has 0 bridgehead atoms. The van der Waals surface area contributed by atoms with Crippen molar-refractivity contribution >= 4 is 0 Å². The Kier molecular flexibility index (Phi) is 2.55. The van der Waals surface area contributed by atoms with E-state index in [2.05, 4.69) is 0 Å². The van der Waals surface area contributed by atoms with Crippen LogP contribution in [0.3, 0.4) is 0 Å². The maximum atomic E-state index is 9.93. The molecule has 14 heavy (non-hydrogen) atoms. The first-order chi connectivity index (χ1) is 6.65. The van der Waals surface area contributed by atoms with Gasteiger partial charge in [0.1, 0.15) is 0 Å². The van der Waals surface area contributed by atoms with E-state index in [9.17, 15) is 5.11 Å². The van der Waals surface area contributed by atoms with Crippen molar-refractivity contribution in [2.75, 3.05) is 19.8 Å². The van der Waals surface area contributed by atoms with Gasteiger partial charge in [0.15, 0.2) is 5.79 Å². The lowest BCUT2D eigenvalue weighted by Gasteiger charge is -2.40. The van der Waals surface area contributed by atoms with Crippen molar-refractivity contribution < 1.29 is 19.7 Å². The van der Waals surface area contributed by atoms with Gasteiger partial charge in [-0.2, -0.15) is 0 Å². The minimum atomic E-state index is -0.644. The molecule has 2 N–H and O–H groups in total. The summed E-state index contributed by atoms with van der Waals surface area (Å²) in [5, 5.41) is 19.0. The molecule has 0 aromatic heterocycles. The normalized spacial score (nSPS) is 40.9. The molecule has 4 nitrogen and oxygen atoms in total. The van der Waals surface area contributed by atoms with Crippen LogP contribution in [0.5, 0.6) is 0 Å². The number of aliphatic hydroxyl groups is 2. The minimum absolute atomic E-state index is 0.0576. The topological polar surface area (TPSA) is 58.9 Å². The Balaban J connectivity index is 2.23. The molecule has 1 aliphatic carbocycles. The molecule has 4 heteroatoms. The third kappa shape index (κ3) is 1.21. The smallest absolute Gasteiger partial charge is 0.176 e. The van der Waals surface area contributed by atoms with E-state index in [0.717, 1.165) is 6.42 Å². The Morgan fingerprint density at radius 3 is 2.57 bits per heavy atom. The van der Waals surface area contributed by atoms with Crippen molar-refractivity contribution in [1.29, 1.82) is 0 Å². The van der Waals surface area contributed by atoms with Gasteiger partial charge in [0, 0.05) is 18.4 Å². The zero-order chi connectivity index (χ0) is 10.2. The Hall–Kier alpha value is -0.160. The predicted octanol–water partition coefficient (Wildman–Crippen LogP) is 0.273. The van der Waals surface area contributed by atoms with Gasteiger partial charge in [-0.1, -0.05) is 6.92 Å². The van der Waals surface area contributed by atoms with Crippen molar-refractivity contribution in [1.82, 2.24) is 0 Å². The van der Waals surface area contributed by atoms with Crippen LogP contribution in [-0.2, 0) is 9.47 Å². The molecule has 0 unspecified atom stereocenters. The van der Waals surface area contributed by atoms with Gasteiger partial charge in [-0.3, -0.25) is 0 Å². The third-order valence-corrected chi connectivity index (χ3v) is 3.74. The average molecular weight is 202 g/mol. The second-order valence-corrected chi connectivity index (χ2v) is 4.40. The standard InChI is InChI=1S/C10H18O4/c1-9(4-5-11)8(12)2-3-10(9)13-6-7-14-10/h8,11-12H,2-7H2,1H3/t8-,9-/m0/s1. The van der Waals surface area contributed by atoms with Crippen LogP contribution in [0.1, 0.15) is 26.2 Å². The molecule has 2 rings (SSSR count). The van der Waals surface area contributed by atoms with Gasteiger partial charge in [-0.15, -0.1) is 0 Å². The Labute approximate surface area is 83.8 Å². The zero-order valence-electron chi connectivity index (χ0n) is 8.53. The molecule has 2 atom stereocenters. The lowest BCUT2D eigenvalue weighted by atomic mass is 9.79. The van der Waals surface area contributed by atoms with E-state index < -0.39 is 17.3 Å². The fourth-order valence-electron chi connectivity index (χ4n) is 2.70. The molecule has 0 amide bonds. The van der Waals surface area contributed by atoms with Crippen molar-refractivity contribution in [3.8, 4) is 0 Å². The molecule has 0 aromatic rings. The van der Waals surface area contributed by atoms with E-state index in [4.69, 9.17) is 14.6 Å². The van der Waals surface area contributed by atoms with Gasteiger partial charge in [-0.05, 0) is 12.8 Å². The summed E-state index contributed by atoms with van der Waals surface area (Å²) >= 11 is 0. The molecule has 1 saturated heterocycles. The average Bonchev–Trinajstić information content (AvgIpc) is 2.71. The van der Waals surface area contributed by atoms with Crippen LogP contribution in [0.15, 0.2) is 0 Å². The Bertz CT molecular complexity index is 212. The molecule has 0 aromatic carbocycles. The van der Waals surface area contributed by atoms with Crippen molar-refractivity contribution in [3.05, 3.63) is 0 Å². The summed E-state index contributed by atoms with van der Waals surface area (Å²) in [5.74, 6) is -0.644. The van der Waals surface area contributed by atoms with Crippen LogP contribution in [0.4, 0.5) is 0 Å². The quantitative estimate of drug-likeness (QED) is 0.675. The summed E-state index contributed by atoms with van der Waals surface area (Å²) in [7, 11) is 0. The Morgan fingerprint density at radius 2 is 2.00 bits per heavy atom. The number of hydrogen-bond donors (Lipinski definition) is 2. The molecule has 1 spiro atoms. The molecular weight excluding hydrogens is 184 g/mol. The third-order valence-electron chi connectivity index (χ3n) is 3.74. The van der Waals surface area contributed by atoms with Gasteiger partial charge in [0.05, 0.1) is 19.3 Å². The van der Waals surface area contributed by atoms with Crippen LogP contribution >= 0.6 is 0 Å². The van der Waals surface area contributed by atoms with Crippen LogP contribution in [0.25, 0.3) is 0 Å². The number of rotatable bonds is 2. The molecule has 1 saturated carbocycles. The van der Waals surface area contributed by atoms with Gasteiger partial charge in [-0.25, -0.2) is 0 Å². The summed E-state index contributed by atoms with van der Waals surface area (Å²) < 4.78 is 11.3. The number of ether oxygens (including phenoxy) is 2.